The molecule has 2 atom stereocenters. The Kier molecular flexibility index (Phi) is 5.30. The van der Waals surface area contributed by atoms with Crippen molar-refractivity contribution in [1.82, 2.24) is 5.32 Å². The molecule has 0 spiro atoms. The Bertz CT molecular complexity index is 511. The summed E-state index contributed by atoms with van der Waals surface area (Å²) in [7, 11) is 1.51. The summed E-state index contributed by atoms with van der Waals surface area (Å²) in [6, 6.07) is 6.49. The predicted molar refractivity (Wildman–Crippen MR) is 75.0 cm³/mol. The third kappa shape index (κ3) is 4.03. The van der Waals surface area contributed by atoms with Gasteiger partial charge in [-0.25, -0.2) is 4.79 Å². The molecule has 114 valence electrons. The normalized spacial score (nSPS) is 19.2. The highest BCUT2D eigenvalue weighted by Gasteiger charge is 2.31. The van der Waals surface area contributed by atoms with Crippen LogP contribution in [0.1, 0.15) is 22.3 Å². The Labute approximate surface area is 123 Å². The zero-order valence-corrected chi connectivity index (χ0v) is 11.9. The van der Waals surface area contributed by atoms with E-state index in [1.165, 1.54) is 13.2 Å². The number of carboxylic acids is 1. The summed E-state index contributed by atoms with van der Waals surface area (Å²) in [6.45, 7) is 1.45. The number of rotatable bonds is 6. The van der Waals surface area contributed by atoms with Gasteiger partial charge >= 0.3 is 5.97 Å². The SMILES string of the molecule is COC(C(=O)NCc1cccc(C(=O)O)c1)C1CCOC1. The topological polar surface area (TPSA) is 84.9 Å². The molecule has 1 aliphatic heterocycles. The summed E-state index contributed by atoms with van der Waals surface area (Å²) in [5, 5.41) is 11.7. The van der Waals surface area contributed by atoms with Crippen LogP contribution in [0.25, 0.3) is 0 Å². The van der Waals surface area contributed by atoms with Gasteiger partial charge in [0, 0.05) is 26.2 Å². The molecule has 0 bridgehead atoms. The second-order valence-corrected chi connectivity index (χ2v) is 5.00. The van der Waals surface area contributed by atoms with Crippen molar-refractivity contribution in [3.63, 3.8) is 0 Å². The van der Waals surface area contributed by atoms with Crippen LogP contribution in [0.4, 0.5) is 0 Å². The van der Waals surface area contributed by atoms with E-state index in [9.17, 15) is 9.59 Å². The van der Waals surface area contributed by atoms with Crippen LogP contribution < -0.4 is 5.32 Å². The lowest BCUT2D eigenvalue weighted by Gasteiger charge is -2.20. The highest BCUT2D eigenvalue weighted by Crippen LogP contribution is 2.19. The minimum absolute atomic E-state index is 0.0698. The van der Waals surface area contributed by atoms with Crippen LogP contribution in [0.2, 0.25) is 0 Å². The van der Waals surface area contributed by atoms with E-state index in [4.69, 9.17) is 14.6 Å². The number of carbonyl (C=O) groups excluding carboxylic acids is 1. The molecule has 0 aliphatic carbocycles. The lowest BCUT2D eigenvalue weighted by atomic mass is 10.0. The average molecular weight is 293 g/mol. The highest BCUT2D eigenvalue weighted by molar-refractivity contribution is 5.87. The van der Waals surface area contributed by atoms with Crippen molar-refractivity contribution in [3.8, 4) is 0 Å². The minimum Gasteiger partial charge on any atom is -0.478 e. The lowest BCUT2D eigenvalue weighted by molar-refractivity contribution is -0.134. The molecule has 1 aliphatic rings. The van der Waals surface area contributed by atoms with Gasteiger partial charge in [0.05, 0.1) is 12.2 Å². The fourth-order valence-electron chi connectivity index (χ4n) is 2.41. The van der Waals surface area contributed by atoms with Crippen molar-refractivity contribution in [3.05, 3.63) is 35.4 Å². The second kappa shape index (κ2) is 7.19. The van der Waals surface area contributed by atoms with Gasteiger partial charge < -0.3 is 19.9 Å². The number of amides is 1. The molecular formula is C15H19NO5. The van der Waals surface area contributed by atoms with Crippen LogP contribution in [-0.2, 0) is 20.8 Å². The molecule has 1 fully saturated rings. The second-order valence-electron chi connectivity index (χ2n) is 5.00. The Morgan fingerprint density at radius 3 is 2.95 bits per heavy atom. The molecule has 1 saturated heterocycles. The van der Waals surface area contributed by atoms with Gasteiger partial charge in [0.2, 0.25) is 5.91 Å². The molecule has 21 heavy (non-hydrogen) atoms. The molecule has 1 aromatic rings. The van der Waals surface area contributed by atoms with Gasteiger partial charge in [-0.05, 0) is 24.1 Å². The van der Waals surface area contributed by atoms with Crippen LogP contribution >= 0.6 is 0 Å². The van der Waals surface area contributed by atoms with E-state index < -0.39 is 12.1 Å². The van der Waals surface area contributed by atoms with Gasteiger partial charge in [-0.2, -0.15) is 0 Å². The van der Waals surface area contributed by atoms with Crippen molar-refractivity contribution in [2.75, 3.05) is 20.3 Å². The first-order valence-electron chi connectivity index (χ1n) is 6.82. The number of ether oxygens (including phenoxy) is 2. The Morgan fingerprint density at radius 2 is 2.33 bits per heavy atom. The summed E-state index contributed by atoms with van der Waals surface area (Å²) < 4.78 is 10.5. The molecule has 0 aromatic heterocycles. The summed E-state index contributed by atoms with van der Waals surface area (Å²) in [5.74, 6) is -1.12. The maximum atomic E-state index is 12.1. The van der Waals surface area contributed by atoms with Gasteiger partial charge in [-0.1, -0.05) is 12.1 Å². The van der Waals surface area contributed by atoms with E-state index in [0.29, 0.717) is 13.2 Å². The number of aromatic carboxylic acids is 1. The zero-order chi connectivity index (χ0) is 15.2. The number of methoxy groups -OCH3 is 1. The van der Waals surface area contributed by atoms with Crippen molar-refractivity contribution in [2.45, 2.75) is 19.1 Å². The van der Waals surface area contributed by atoms with Crippen molar-refractivity contribution in [2.24, 2.45) is 5.92 Å². The summed E-state index contributed by atoms with van der Waals surface area (Å²) in [5.41, 5.74) is 0.940. The molecule has 0 saturated carbocycles. The molecule has 1 heterocycles. The number of hydrogen-bond acceptors (Lipinski definition) is 4. The van der Waals surface area contributed by atoms with Crippen molar-refractivity contribution < 1.29 is 24.2 Å². The van der Waals surface area contributed by atoms with E-state index >= 15 is 0 Å². The third-order valence-electron chi connectivity index (χ3n) is 3.55. The minimum atomic E-state index is -0.985. The number of carboxylic acid groups (broad SMARTS) is 1. The van der Waals surface area contributed by atoms with Crippen LogP contribution in [-0.4, -0.2) is 43.4 Å². The monoisotopic (exact) mass is 293 g/mol. The van der Waals surface area contributed by atoms with Crippen LogP contribution in [0, 0.1) is 5.92 Å². The first-order valence-corrected chi connectivity index (χ1v) is 6.82. The van der Waals surface area contributed by atoms with Gasteiger partial charge in [0.15, 0.2) is 0 Å². The number of nitrogens with one attached hydrogen (secondary N) is 1. The molecule has 6 nitrogen and oxygen atoms in total. The van der Waals surface area contributed by atoms with Crippen molar-refractivity contribution >= 4 is 11.9 Å². The molecule has 2 N–H and O–H groups in total. The Hall–Kier alpha value is -1.92. The smallest absolute Gasteiger partial charge is 0.335 e. The summed E-state index contributed by atoms with van der Waals surface area (Å²) >= 11 is 0. The van der Waals surface area contributed by atoms with E-state index in [0.717, 1.165) is 12.0 Å². The Balaban J connectivity index is 1.93. The fourth-order valence-corrected chi connectivity index (χ4v) is 2.41. The average Bonchev–Trinajstić information content (AvgIpc) is 3.00. The summed E-state index contributed by atoms with van der Waals surface area (Å²) in [6.07, 6.45) is 0.274. The Morgan fingerprint density at radius 1 is 1.52 bits per heavy atom. The fraction of sp³-hybridized carbons (Fsp3) is 0.467. The molecule has 1 aromatic carbocycles. The third-order valence-corrected chi connectivity index (χ3v) is 3.55. The first kappa shape index (κ1) is 15.5. The maximum Gasteiger partial charge on any atom is 0.335 e. The standard InChI is InChI=1S/C15H19NO5/c1-20-13(12-5-6-21-9-12)14(17)16-8-10-3-2-4-11(7-10)15(18)19/h2-4,7,12-13H,5-6,8-9H2,1H3,(H,16,17)(H,18,19). The van der Waals surface area contributed by atoms with Gasteiger partial charge in [0.25, 0.3) is 0 Å². The van der Waals surface area contributed by atoms with Gasteiger partial charge in [-0.15, -0.1) is 0 Å². The van der Waals surface area contributed by atoms with E-state index in [-0.39, 0.29) is 23.9 Å². The van der Waals surface area contributed by atoms with E-state index in [1.54, 1.807) is 18.2 Å². The number of benzene rings is 1. The molecule has 6 heteroatoms. The summed E-state index contributed by atoms with van der Waals surface area (Å²) in [4.78, 5) is 23.0. The van der Waals surface area contributed by atoms with Crippen molar-refractivity contribution in [1.29, 1.82) is 0 Å². The molecule has 2 rings (SSSR count). The van der Waals surface area contributed by atoms with Gasteiger partial charge in [0.1, 0.15) is 6.10 Å². The first-order chi connectivity index (χ1) is 10.1. The van der Waals surface area contributed by atoms with E-state index in [1.807, 2.05) is 0 Å². The molecule has 1 amide bonds. The highest BCUT2D eigenvalue weighted by atomic mass is 16.5. The lowest BCUT2D eigenvalue weighted by Crippen LogP contribution is -2.40. The number of carbonyl (C=O) groups is 2. The molecule has 0 radical (unpaired) electrons. The maximum absolute atomic E-state index is 12.1. The molecule has 2 unspecified atom stereocenters. The quantitative estimate of drug-likeness (QED) is 0.819. The van der Waals surface area contributed by atoms with Crippen LogP contribution in [0.15, 0.2) is 24.3 Å². The van der Waals surface area contributed by atoms with Crippen LogP contribution in [0.3, 0.4) is 0 Å². The number of hydrogen-bond donors (Lipinski definition) is 2. The van der Waals surface area contributed by atoms with E-state index in [2.05, 4.69) is 5.32 Å². The van der Waals surface area contributed by atoms with Crippen LogP contribution in [0.5, 0.6) is 0 Å². The molecular weight excluding hydrogens is 274 g/mol. The predicted octanol–water partition coefficient (Wildman–Crippen LogP) is 1.05. The largest absolute Gasteiger partial charge is 0.478 e. The zero-order valence-electron chi connectivity index (χ0n) is 11.9. The van der Waals surface area contributed by atoms with Gasteiger partial charge in [-0.3, -0.25) is 4.79 Å².